The van der Waals surface area contributed by atoms with Crippen molar-refractivity contribution in [2.75, 3.05) is 18.4 Å². The average molecular weight is 328 g/mol. The van der Waals surface area contributed by atoms with Gasteiger partial charge in [-0.1, -0.05) is 12.1 Å². The highest BCUT2D eigenvalue weighted by Crippen LogP contribution is 2.23. The van der Waals surface area contributed by atoms with Gasteiger partial charge in [0.15, 0.2) is 0 Å². The number of para-hydroxylation sites is 1. The van der Waals surface area contributed by atoms with E-state index < -0.39 is 0 Å². The highest BCUT2D eigenvalue weighted by Gasteiger charge is 2.12. The molecule has 92 valence electrons. The molecule has 0 amide bonds. The average Bonchev–Trinajstić information content (AvgIpc) is 2.23. The van der Waals surface area contributed by atoms with Gasteiger partial charge in [-0.3, -0.25) is 0 Å². The van der Waals surface area contributed by atoms with E-state index in [0.717, 1.165) is 17.6 Å². The van der Waals surface area contributed by atoms with E-state index >= 15 is 0 Å². The summed E-state index contributed by atoms with van der Waals surface area (Å²) < 4.78 is 1.15. The molecule has 1 aromatic rings. The molecule has 1 heterocycles. The van der Waals surface area contributed by atoms with Crippen molar-refractivity contribution in [1.29, 1.82) is 0 Å². The molecule has 0 aromatic heterocycles. The first-order chi connectivity index (χ1) is 6.86. The van der Waals surface area contributed by atoms with E-state index in [4.69, 9.17) is 0 Å². The second kappa shape index (κ2) is 8.18. The van der Waals surface area contributed by atoms with Crippen LogP contribution in [0.4, 0.5) is 5.69 Å². The zero-order valence-electron chi connectivity index (χ0n) is 8.91. The van der Waals surface area contributed by atoms with Crippen molar-refractivity contribution < 1.29 is 0 Å². The summed E-state index contributed by atoms with van der Waals surface area (Å²) in [6, 6.07) is 8.91. The van der Waals surface area contributed by atoms with E-state index in [2.05, 4.69) is 44.8 Å². The van der Waals surface area contributed by atoms with Gasteiger partial charge in [0.25, 0.3) is 0 Å². The molecule has 1 fully saturated rings. The smallest absolute Gasteiger partial charge is 0.0486 e. The first-order valence-electron chi connectivity index (χ1n) is 5.08. The predicted molar refractivity (Wildman–Crippen MR) is 78.2 cm³/mol. The van der Waals surface area contributed by atoms with Crippen molar-refractivity contribution in [3.8, 4) is 0 Å². The van der Waals surface area contributed by atoms with Gasteiger partial charge in [-0.15, -0.1) is 24.8 Å². The van der Waals surface area contributed by atoms with Gasteiger partial charge in [-0.05, 0) is 54.0 Å². The molecule has 0 unspecified atom stereocenters. The first-order valence-corrected chi connectivity index (χ1v) is 5.87. The largest absolute Gasteiger partial charge is 0.381 e. The molecule has 1 aromatic carbocycles. The Kier molecular flexibility index (Phi) is 8.20. The summed E-state index contributed by atoms with van der Waals surface area (Å²) in [5.41, 5.74) is 1.21. The van der Waals surface area contributed by atoms with E-state index in [9.17, 15) is 0 Å². The van der Waals surface area contributed by atoms with Crippen molar-refractivity contribution >= 4 is 46.4 Å². The van der Waals surface area contributed by atoms with Crippen LogP contribution >= 0.6 is 40.7 Å². The molecule has 16 heavy (non-hydrogen) atoms. The number of rotatable bonds is 2. The lowest BCUT2D eigenvalue weighted by atomic mass is 10.1. The standard InChI is InChI=1S/C11H15BrN2.2ClH/c12-10-3-1-2-4-11(10)14-9-5-7-13-8-6-9;;/h1-4,9,13-14H,5-8H2;2*1H. The molecule has 1 saturated heterocycles. The Morgan fingerprint density at radius 1 is 1.12 bits per heavy atom. The summed E-state index contributed by atoms with van der Waals surface area (Å²) >= 11 is 3.54. The summed E-state index contributed by atoms with van der Waals surface area (Å²) in [7, 11) is 0. The van der Waals surface area contributed by atoms with Crippen LogP contribution < -0.4 is 10.6 Å². The Bertz CT molecular complexity index is 304. The molecular formula is C11H17BrCl2N2. The monoisotopic (exact) mass is 326 g/mol. The van der Waals surface area contributed by atoms with Crippen molar-refractivity contribution in [2.45, 2.75) is 18.9 Å². The molecule has 0 atom stereocenters. The summed E-state index contributed by atoms with van der Waals surface area (Å²) in [5.74, 6) is 0. The van der Waals surface area contributed by atoms with Crippen LogP contribution in [0.15, 0.2) is 28.7 Å². The van der Waals surface area contributed by atoms with Gasteiger partial charge in [-0.25, -0.2) is 0 Å². The number of piperidine rings is 1. The van der Waals surface area contributed by atoms with Crippen molar-refractivity contribution in [3.05, 3.63) is 28.7 Å². The molecule has 2 nitrogen and oxygen atoms in total. The molecule has 1 aliphatic rings. The van der Waals surface area contributed by atoms with Crippen LogP contribution in [0, 0.1) is 0 Å². The minimum Gasteiger partial charge on any atom is -0.381 e. The summed E-state index contributed by atoms with van der Waals surface area (Å²) in [6.45, 7) is 2.25. The highest BCUT2D eigenvalue weighted by molar-refractivity contribution is 9.10. The van der Waals surface area contributed by atoms with E-state index in [1.54, 1.807) is 0 Å². The number of benzene rings is 1. The normalized spacial score (nSPS) is 15.8. The lowest BCUT2D eigenvalue weighted by Gasteiger charge is -2.25. The number of hydrogen-bond donors (Lipinski definition) is 2. The molecule has 1 aliphatic heterocycles. The van der Waals surface area contributed by atoms with Gasteiger partial charge in [-0.2, -0.15) is 0 Å². The lowest BCUT2D eigenvalue weighted by Crippen LogP contribution is -2.35. The van der Waals surface area contributed by atoms with Gasteiger partial charge < -0.3 is 10.6 Å². The first kappa shape index (κ1) is 16.0. The maximum Gasteiger partial charge on any atom is 0.0486 e. The van der Waals surface area contributed by atoms with E-state index in [0.29, 0.717) is 6.04 Å². The van der Waals surface area contributed by atoms with Crippen LogP contribution in [0.2, 0.25) is 0 Å². The molecule has 0 bridgehead atoms. The SMILES string of the molecule is Brc1ccccc1NC1CCNCC1.Cl.Cl. The second-order valence-electron chi connectivity index (χ2n) is 3.65. The number of anilines is 1. The third kappa shape index (κ3) is 4.50. The van der Waals surface area contributed by atoms with Crippen LogP contribution in [0.3, 0.4) is 0 Å². The van der Waals surface area contributed by atoms with Crippen molar-refractivity contribution in [3.63, 3.8) is 0 Å². The quantitative estimate of drug-likeness (QED) is 0.869. The van der Waals surface area contributed by atoms with E-state index in [1.165, 1.54) is 18.5 Å². The van der Waals surface area contributed by atoms with Crippen LogP contribution in [-0.2, 0) is 0 Å². The Labute approximate surface area is 118 Å². The third-order valence-corrected chi connectivity index (χ3v) is 3.26. The molecule has 2 rings (SSSR count). The highest BCUT2D eigenvalue weighted by atomic mass is 79.9. The van der Waals surface area contributed by atoms with Crippen LogP contribution in [0.1, 0.15) is 12.8 Å². The zero-order chi connectivity index (χ0) is 9.80. The Balaban J connectivity index is 0.00000112. The van der Waals surface area contributed by atoms with Crippen LogP contribution in [0.25, 0.3) is 0 Å². The predicted octanol–water partition coefficient (Wildman–Crippen LogP) is 3.46. The number of hydrogen-bond acceptors (Lipinski definition) is 2. The Morgan fingerprint density at radius 3 is 2.38 bits per heavy atom. The number of nitrogens with one attached hydrogen (secondary N) is 2. The molecule has 0 radical (unpaired) electrons. The summed E-state index contributed by atoms with van der Waals surface area (Å²) in [4.78, 5) is 0. The minimum absolute atomic E-state index is 0. The fraction of sp³-hybridized carbons (Fsp3) is 0.455. The maximum absolute atomic E-state index is 3.56. The molecular weight excluding hydrogens is 311 g/mol. The van der Waals surface area contributed by atoms with Crippen molar-refractivity contribution in [1.82, 2.24) is 5.32 Å². The van der Waals surface area contributed by atoms with Gasteiger partial charge in [0.05, 0.1) is 0 Å². The van der Waals surface area contributed by atoms with E-state index in [-0.39, 0.29) is 24.8 Å². The lowest BCUT2D eigenvalue weighted by molar-refractivity contribution is 0.479. The maximum atomic E-state index is 3.56. The third-order valence-electron chi connectivity index (χ3n) is 2.57. The van der Waals surface area contributed by atoms with Crippen LogP contribution in [0.5, 0.6) is 0 Å². The second-order valence-corrected chi connectivity index (χ2v) is 4.50. The van der Waals surface area contributed by atoms with Crippen LogP contribution in [-0.4, -0.2) is 19.1 Å². The summed E-state index contributed by atoms with van der Waals surface area (Å²) in [6.07, 6.45) is 2.42. The number of halogens is 3. The molecule has 5 heteroatoms. The molecule has 0 spiro atoms. The minimum atomic E-state index is 0. The van der Waals surface area contributed by atoms with Gasteiger partial charge >= 0.3 is 0 Å². The molecule has 0 saturated carbocycles. The van der Waals surface area contributed by atoms with Gasteiger partial charge in [0.2, 0.25) is 0 Å². The molecule has 0 aliphatic carbocycles. The van der Waals surface area contributed by atoms with Gasteiger partial charge in [0, 0.05) is 16.2 Å². The fourth-order valence-corrected chi connectivity index (χ4v) is 2.16. The molecule has 2 N–H and O–H groups in total. The Hall–Kier alpha value is 0.0400. The summed E-state index contributed by atoms with van der Waals surface area (Å²) in [5, 5.41) is 6.93. The Morgan fingerprint density at radius 2 is 1.75 bits per heavy atom. The van der Waals surface area contributed by atoms with Crippen molar-refractivity contribution in [2.24, 2.45) is 0 Å². The van der Waals surface area contributed by atoms with E-state index in [1.807, 2.05) is 6.07 Å². The fourth-order valence-electron chi connectivity index (χ4n) is 1.76. The topological polar surface area (TPSA) is 24.1 Å². The van der Waals surface area contributed by atoms with Gasteiger partial charge in [0.1, 0.15) is 0 Å². The zero-order valence-corrected chi connectivity index (χ0v) is 12.1.